The van der Waals surface area contributed by atoms with E-state index in [4.69, 9.17) is 4.99 Å². The van der Waals surface area contributed by atoms with Crippen molar-refractivity contribution in [1.29, 1.82) is 0 Å². The van der Waals surface area contributed by atoms with E-state index in [0.717, 1.165) is 24.5 Å². The number of benzene rings is 2. The third-order valence-corrected chi connectivity index (χ3v) is 17.0. The van der Waals surface area contributed by atoms with Gasteiger partial charge in [0.2, 0.25) is 5.91 Å². The zero-order valence-corrected chi connectivity index (χ0v) is 34.3. The summed E-state index contributed by atoms with van der Waals surface area (Å²) in [5.41, 5.74) is 2.32. The molecule has 0 aliphatic heterocycles. The quantitative estimate of drug-likeness (QED) is 0.0694. The number of aliphatic imine (C=N–C) groups is 1. The molecule has 2 aliphatic carbocycles. The Hall–Kier alpha value is -2.14. The maximum Gasteiger partial charge on any atom is 0.247 e. The Morgan fingerprint density at radius 3 is 2.04 bits per heavy atom. The molecule has 5 rings (SSSR count). The van der Waals surface area contributed by atoms with Gasteiger partial charge in [0.25, 0.3) is 0 Å². The van der Waals surface area contributed by atoms with E-state index in [1.165, 1.54) is 135 Å². The van der Waals surface area contributed by atoms with Crippen molar-refractivity contribution in [1.82, 2.24) is 10.6 Å². The number of rotatable bonds is 18. The van der Waals surface area contributed by atoms with Gasteiger partial charge in [-0.3, -0.25) is 4.79 Å². The normalized spacial score (nSPS) is 16.8. The van der Waals surface area contributed by atoms with Gasteiger partial charge < -0.3 is 28.4 Å². The molecule has 2 aromatic carbocycles. The fourth-order valence-corrected chi connectivity index (χ4v) is 14.2. The second-order valence-corrected chi connectivity index (χ2v) is 20.8. The van der Waals surface area contributed by atoms with Crippen molar-refractivity contribution in [2.24, 2.45) is 4.99 Å². The first-order chi connectivity index (χ1) is 24.5. The van der Waals surface area contributed by atoms with Crippen LogP contribution in [-0.2, 0) is 17.4 Å². The second kappa shape index (κ2) is 22.2. The van der Waals surface area contributed by atoms with Crippen LogP contribution in [0.15, 0.2) is 59.6 Å². The molecular weight excluding hydrogens is 687 g/mol. The fraction of sp³-hybridized carbons (Fsp3) is 0.628. The summed E-state index contributed by atoms with van der Waals surface area (Å²) in [7, 11) is -1.04. The maximum atomic E-state index is 14.3. The number of halogens is 1. The van der Waals surface area contributed by atoms with Crippen LogP contribution in [0.1, 0.15) is 134 Å². The molecule has 1 heterocycles. The molecule has 51 heavy (non-hydrogen) atoms. The van der Waals surface area contributed by atoms with Crippen LogP contribution in [0.2, 0.25) is 0 Å². The van der Waals surface area contributed by atoms with Crippen LogP contribution in [0.3, 0.4) is 0 Å². The van der Waals surface area contributed by atoms with Crippen molar-refractivity contribution in [2.75, 3.05) is 23.8 Å². The molecule has 2 aliphatic rings. The number of unbranched alkanes of at least 4 members (excludes halogenated alkanes) is 3. The van der Waals surface area contributed by atoms with Crippen molar-refractivity contribution in [3.63, 3.8) is 0 Å². The van der Waals surface area contributed by atoms with Gasteiger partial charge in [-0.1, -0.05) is 109 Å². The number of fused-ring (bicyclic) bond motifs is 1. The van der Waals surface area contributed by atoms with Crippen LogP contribution in [0, 0.1) is 0 Å². The summed E-state index contributed by atoms with van der Waals surface area (Å²) >= 11 is 1.79. The average Bonchev–Trinajstić information content (AvgIpc) is 3.56. The van der Waals surface area contributed by atoms with E-state index in [-0.39, 0.29) is 18.3 Å². The molecule has 282 valence electrons. The Bertz CT molecular complexity index is 1410. The molecule has 1 atom stereocenters. The first-order valence-electron chi connectivity index (χ1n) is 20.3. The van der Waals surface area contributed by atoms with E-state index in [0.29, 0.717) is 18.5 Å². The van der Waals surface area contributed by atoms with Gasteiger partial charge in [0.1, 0.15) is 6.04 Å². The molecule has 8 heteroatoms. The zero-order valence-electron chi connectivity index (χ0n) is 31.9. The van der Waals surface area contributed by atoms with E-state index in [9.17, 15) is 4.79 Å². The number of nitrogens with one attached hydrogen (secondary N) is 3. The number of amides is 1. The van der Waals surface area contributed by atoms with Gasteiger partial charge in [-0.2, -0.15) is 0 Å². The number of hydrogen-bond acceptors (Lipinski definition) is 3. The molecule has 3 aromatic rings. The van der Waals surface area contributed by atoms with E-state index in [1.54, 1.807) is 11.3 Å². The van der Waals surface area contributed by atoms with Crippen molar-refractivity contribution in [3.8, 4) is 0 Å². The molecular formula is C43H66ClN4OPS. The number of hydrogen-bond donors (Lipinski definition) is 3. The van der Waals surface area contributed by atoms with Crippen molar-refractivity contribution < 1.29 is 17.2 Å². The van der Waals surface area contributed by atoms with E-state index >= 15 is 0 Å². The van der Waals surface area contributed by atoms with Gasteiger partial charge >= 0.3 is 0 Å². The van der Waals surface area contributed by atoms with E-state index in [2.05, 4.69) is 91.3 Å². The second-order valence-electron chi connectivity index (χ2n) is 15.3. The molecule has 0 spiro atoms. The number of nitrogens with zero attached hydrogens (tertiary/aromatic N) is 1. The highest BCUT2D eigenvalue weighted by Gasteiger charge is 2.35. The number of carbonyl (C=O) groups is 1. The van der Waals surface area contributed by atoms with Gasteiger partial charge in [0.15, 0.2) is 5.96 Å². The molecule has 5 nitrogen and oxygen atoms in total. The molecule has 0 radical (unpaired) electrons. The van der Waals surface area contributed by atoms with Crippen LogP contribution >= 0.6 is 18.6 Å². The molecule has 2 fully saturated rings. The summed E-state index contributed by atoms with van der Waals surface area (Å²) in [5, 5.41) is 12.1. The van der Waals surface area contributed by atoms with Gasteiger partial charge in [-0.25, -0.2) is 4.99 Å². The first kappa shape index (κ1) is 41.6. The van der Waals surface area contributed by atoms with Crippen molar-refractivity contribution in [3.05, 3.63) is 65.0 Å². The lowest BCUT2D eigenvalue weighted by molar-refractivity contribution is -0.117. The summed E-state index contributed by atoms with van der Waals surface area (Å²) in [5.74, 6) is 0.833. The standard InChI is InChI=1S/C43H65N4OPS.ClH/c1-4-7-28-49(29-8-5-2,30-9-6-3)33-34-24-26-38(27-25-34)44-42(48)40(32-39-31-35-18-16-17-23-41(35)50-39)47-43(45-36-19-12-10-13-20-36)46-37-21-14-11-15-22-37;/h16-18,23-27,31,36-37,40H,4-15,19-22,28-30,32-33H2,1-3H3,(H2-,44,45,46,47,48);1H/t40-;/m0./s1. The highest BCUT2D eigenvalue weighted by atomic mass is 35.5. The summed E-state index contributed by atoms with van der Waals surface area (Å²) in [6.07, 6.45) is 26.3. The summed E-state index contributed by atoms with van der Waals surface area (Å²) in [4.78, 5) is 20.8. The molecule has 1 amide bonds. The lowest BCUT2D eigenvalue weighted by Gasteiger charge is -2.29. The van der Waals surface area contributed by atoms with Gasteiger partial charge in [-0.05, 0) is 80.2 Å². The minimum absolute atomic E-state index is 0. The third kappa shape index (κ3) is 13.3. The van der Waals surface area contributed by atoms with Crippen LogP contribution in [0.4, 0.5) is 5.69 Å². The van der Waals surface area contributed by atoms with Gasteiger partial charge in [0, 0.05) is 35.0 Å². The Labute approximate surface area is 320 Å². The molecule has 2 saturated carbocycles. The smallest absolute Gasteiger partial charge is 0.247 e. The number of carbonyl (C=O) groups excluding carboxylic acids is 1. The minimum atomic E-state index is -1.04. The molecule has 3 N–H and O–H groups in total. The Kier molecular flexibility index (Phi) is 18.1. The number of anilines is 1. The molecule has 1 aromatic heterocycles. The Morgan fingerprint density at radius 1 is 0.824 bits per heavy atom. The van der Waals surface area contributed by atoms with Gasteiger partial charge in [-0.15, -0.1) is 11.3 Å². The predicted molar refractivity (Wildman–Crippen MR) is 222 cm³/mol. The zero-order chi connectivity index (χ0) is 35.0. The fourth-order valence-electron chi connectivity index (χ4n) is 8.03. The number of guanidine groups is 1. The Balaban J connectivity index is 0.00000583. The van der Waals surface area contributed by atoms with Crippen LogP contribution < -0.4 is 28.4 Å². The largest absolute Gasteiger partial charge is 1.00 e. The lowest BCUT2D eigenvalue weighted by Crippen LogP contribution is -3.00. The van der Waals surface area contributed by atoms with Crippen LogP contribution in [0.5, 0.6) is 0 Å². The summed E-state index contributed by atoms with van der Waals surface area (Å²) in [6.45, 7) is 7.02. The van der Waals surface area contributed by atoms with Crippen molar-refractivity contribution >= 4 is 46.2 Å². The Morgan fingerprint density at radius 2 is 1.43 bits per heavy atom. The monoisotopic (exact) mass is 752 g/mol. The predicted octanol–water partition coefficient (Wildman–Crippen LogP) is 8.57. The molecule has 0 saturated heterocycles. The van der Waals surface area contributed by atoms with E-state index < -0.39 is 13.3 Å². The SMILES string of the molecule is CCCC[P+](CCCC)(CCCC)Cc1ccc(NC(=O)[C@H](Cc2cc3ccccc3s2)NC(=NC2CCCCC2)NC2CCCCC2)cc1.[Cl-]. The van der Waals surface area contributed by atoms with Crippen LogP contribution in [-0.4, -0.2) is 48.5 Å². The molecule has 0 unspecified atom stereocenters. The van der Waals surface area contributed by atoms with Crippen molar-refractivity contribution in [2.45, 2.75) is 154 Å². The molecule has 0 bridgehead atoms. The first-order valence-corrected chi connectivity index (χ1v) is 23.7. The van der Waals surface area contributed by atoms with Gasteiger partial charge in [0.05, 0.1) is 30.7 Å². The highest BCUT2D eigenvalue weighted by Crippen LogP contribution is 2.63. The van der Waals surface area contributed by atoms with Crippen LogP contribution in [0.25, 0.3) is 10.1 Å². The van der Waals surface area contributed by atoms with E-state index in [1.807, 2.05) is 0 Å². The number of thiophene rings is 1. The maximum absolute atomic E-state index is 14.3. The summed E-state index contributed by atoms with van der Waals surface area (Å²) < 4.78 is 1.27. The average molecular weight is 754 g/mol. The third-order valence-electron chi connectivity index (χ3n) is 11.0. The lowest BCUT2D eigenvalue weighted by atomic mass is 9.95. The summed E-state index contributed by atoms with van der Waals surface area (Å²) in [6, 6.07) is 20.0. The minimum Gasteiger partial charge on any atom is -1.00 e. The highest BCUT2D eigenvalue weighted by molar-refractivity contribution is 7.75. The topological polar surface area (TPSA) is 65.5 Å².